The molecule has 15 heavy (non-hydrogen) atoms. The second-order valence-electron chi connectivity index (χ2n) is 3.66. The minimum Gasteiger partial charge on any atom is -0.347 e. The molecule has 1 saturated carbocycles. The molecule has 0 saturated heterocycles. The maximum atomic E-state index is 10.7. The SMILES string of the molecule is COC(C)(OC)C(C)=O.O=C1CCCC1. The molecule has 1 rings (SSSR count). The normalized spacial score (nSPS) is 15.9. The molecule has 0 N–H and O–H groups in total. The first-order valence-corrected chi connectivity index (χ1v) is 5.09. The number of hydrogen-bond donors (Lipinski definition) is 0. The molecular formula is C11H20O4. The van der Waals surface area contributed by atoms with E-state index in [-0.39, 0.29) is 5.78 Å². The third-order valence-corrected chi connectivity index (χ3v) is 2.58. The largest absolute Gasteiger partial charge is 0.347 e. The fourth-order valence-electron chi connectivity index (χ4n) is 1.14. The maximum absolute atomic E-state index is 10.7. The zero-order valence-electron chi connectivity index (χ0n) is 9.96. The highest BCUT2D eigenvalue weighted by atomic mass is 16.7. The molecule has 0 aliphatic heterocycles. The van der Waals surface area contributed by atoms with E-state index in [0.29, 0.717) is 5.78 Å². The van der Waals surface area contributed by atoms with Gasteiger partial charge in [0.15, 0.2) is 5.78 Å². The van der Waals surface area contributed by atoms with Crippen LogP contribution in [0.1, 0.15) is 39.5 Å². The van der Waals surface area contributed by atoms with Crippen LogP contribution in [0.15, 0.2) is 0 Å². The summed E-state index contributed by atoms with van der Waals surface area (Å²) in [5.74, 6) is -0.734. The van der Waals surface area contributed by atoms with Crippen molar-refractivity contribution < 1.29 is 19.1 Å². The van der Waals surface area contributed by atoms with Crippen LogP contribution < -0.4 is 0 Å². The summed E-state index contributed by atoms with van der Waals surface area (Å²) in [5, 5.41) is 0. The number of hydrogen-bond acceptors (Lipinski definition) is 4. The summed E-state index contributed by atoms with van der Waals surface area (Å²) in [6.45, 7) is 3.00. The molecule has 1 fully saturated rings. The lowest BCUT2D eigenvalue weighted by atomic mass is 10.2. The maximum Gasteiger partial charge on any atom is 0.225 e. The molecule has 0 amide bonds. The van der Waals surface area contributed by atoms with Gasteiger partial charge in [0.25, 0.3) is 0 Å². The quantitative estimate of drug-likeness (QED) is 0.674. The third-order valence-electron chi connectivity index (χ3n) is 2.58. The zero-order valence-corrected chi connectivity index (χ0v) is 9.96. The van der Waals surface area contributed by atoms with E-state index >= 15 is 0 Å². The van der Waals surface area contributed by atoms with Gasteiger partial charge in [0.05, 0.1) is 0 Å². The highest BCUT2D eigenvalue weighted by Crippen LogP contribution is 2.11. The molecule has 88 valence electrons. The molecule has 1 aliphatic rings. The van der Waals surface area contributed by atoms with Gasteiger partial charge in [-0.25, -0.2) is 0 Å². The van der Waals surface area contributed by atoms with Crippen LogP contribution >= 0.6 is 0 Å². The smallest absolute Gasteiger partial charge is 0.225 e. The molecule has 0 radical (unpaired) electrons. The number of ketones is 2. The van der Waals surface area contributed by atoms with E-state index in [2.05, 4.69) is 0 Å². The van der Waals surface area contributed by atoms with Gasteiger partial charge in [0.2, 0.25) is 5.79 Å². The van der Waals surface area contributed by atoms with Gasteiger partial charge in [0, 0.05) is 34.0 Å². The summed E-state index contributed by atoms with van der Waals surface area (Å²) in [5.41, 5.74) is 0. The van der Waals surface area contributed by atoms with Crippen molar-refractivity contribution in [3.8, 4) is 0 Å². The monoisotopic (exact) mass is 216 g/mol. The molecule has 0 aromatic rings. The summed E-state index contributed by atoms with van der Waals surface area (Å²) in [4.78, 5) is 20.9. The van der Waals surface area contributed by atoms with Crippen molar-refractivity contribution in [1.82, 2.24) is 0 Å². The van der Waals surface area contributed by atoms with Gasteiger partial charge in [-0.15, -0.1) is 0 Å². The van der Waals surface area contributed by atoms with Crippen molar-refractivity contribution >= 4 is 11.6 Å². The van der Waals surface area contributed by atoms with E-state index < -0.39 is 5.79 Å². The highest BCUT2D eigenvalue weighted by molar-refractivity contribution is 5.82. The average Bonchev–Trinajstić information content (AvgIpc) is 2.68. The first-order valence-electron chi connectivity index (χ1n) is 5.09. The molecular weight excluding hydrogens is 196 g/mol. The Hall–Kier alpha value is -0.740. The van der Waals surface area contributed by atoms with Crippen LogP contribution in [0.5, 0.6) is 0 Å². The third kappa shape index (κ3) is 5.04. The van der Waals surface area contributed by atoms with Crippen molar-refractivity contribution in [2.24, 2.45) is 0 Å². The first-order chi connectivity index (χ1) is 6.96. The Morgan fingerprint density at radius 2 is 1.60 bits per heavy atom. The van der Waals surface area contributed by atoms with Crippen molar-refractivity contribution in [1.29, 1.82) is 0 Å². The molecule has 0 aromatic carbocycles. The summed E-state index contributed by atoms with van der Waals surface area (Å²) in [7, 11) is 2.87. The van der Waals surface area contributed by atoms with Crippen LogP contribution in [-0.4, -0.2) is 31.6 Å². The van der Waals surface area contributed by atoms with Crippen LogP contribution in [0.25, 0.3) is 0 Å². The second-order valence-corrected chi connectivity index (χ2v) is 3.66. The van der Waals surface area contributed by atoms with Crippen LogP contribution in [0, 0.1) is 0 Å². The number of carbonyl (C=O) groups is 2. The Morgan fingerprint density at radius 3 is 1.67 bits per heavy atom. The predicted molar refractivity (Wildman–Crippen MR) is 56.6 cm³/mol. The Balaban J connectivity index is 0.000000280. The molecule has 0 spiro atoms. The molecule has 1 aliphatic carbocycles. The summed E-state index contributed by atoms with van der Waals surface area (Å²) < 4.78 is 9.55. The zero-order chi connectivity index (χ0) is 11.9. The number of rotatable bonds is 3. The molecule has 0 bridgehead atoms. The average molecular weight is 216 g/mol. The van der Waals surface area contributed by atoms with E-state index in [1.54, 1.807) is 6.92 Å². The Kier molecular flexibility index (Phi) is 6.36. The van der Waals surface area contributed by atoms with Crippen LogP contribution in [0.4, 0.5) is 0 Å². The fourth-order valence-corrected chi connectivity index (χ4v) is 1.14. The number of Topliss-reactive ketones (excluding diaryl/α,β-unsaturated/α-hetero) is 2. The number of methoxy groups -OCH3 is 2. The van der Waals surface area contributed by atoms with Gasteiger partial charge >= 0.3 is 0 Å². The lowest BCUT2D eigenvalue weighted by molar-refractivity contribution is -0.196. The summed E-state index contributed by atoms with van der Waals surface area (Å²) in [6.07, 6.45) is 3.97. The first kappa shape index (κ1) is 14.3. The molecule has 0 heterocycles. The van der Waals surface area contributed by atoms with E-state index in [1.165, 1.54) is 21.1 Å². The van der Waals surface area contributed by atoms with Crippen molar-refractivity contribution in [2.75, 3.05) is 14.2 Å². The van der Waals surface area contributed by atoms with Gasteiger partial charge in [-0.3, -0.25) is 9.59 Å². The lowest BCUT2D eigenvalue weighted by Crippen LogP contribution is -2.37. The van der Waals surface area contributed by atoms with E-state index in [0.717, 1.165) is 25.7 Å². The molecule has 0 atom stereocenters. The van der Waals surface area contributed by atoms with Crippen LogP contribution in [0.2, 0.25) is 0 Å². The predicted octanol–water partition coefficient (Wildman–Crippen LogP) is 1.71. The topological polar surface area (TPSA) is 52.6 Å². The second kappa shape index (κ2) is 6.69. The van der Waals surface area contributed by atoms with Crippen LogP contribution in [0.3, 0.4) is 0 Å². The molecule has 4 heteroatoms. The summed E-state index contributed by atoms with van der Waals surface area (Å²) in [6, 6.07) is 0. The van der Waals surface area contributed by atoms with Crippen LogP contribution in [-0.2, 0) is 19.1 Å². The van der Waals surface area contributed by atoms with Gasteiger partial charge < -0.3 is 9.47 Å². The standard InChI is InChI=1S/C6H12O3.C5H8O/c1-5(7)6(2,8-3)9-4;6-5-3-1-2-4-5/h1-4H3;1-4H2. The number of carbonyl (C=O) groups excluding carboxylic acids is 2. The van der Waals surface area contributed by atoms with E-state index in [1.807, 2.05) is 0 Å². The molecule has 0 unspecified atom stereocenters. The van der Waals surface area contributed by atoms with Gasteiger partial charge in [-0.2, -0.15) is 0 Å². The van der Waals surface area contributed by atoms with Crippen molar-refractivity contribution in [3.63, 3.8) is 0 Å². The van der Waals surface area contributed by atoms with E-state index in [9.17, 15) is 9.59 Å². The minimum absolute atomic E-state index is 0.132. The van der Waals surface area contributed by atoms with Gasteiger partial charge in [0.1, 0.15) is 5.78 Å². The Morgan fingerprint density at radius 1 is 1.20 bits per heavy atom. The fraction of sp³-hybridized carbons (Fsp3) is 0.818. The number of ether oxygens (including phenoxy) is 2. The Labute approximate surface area is 90.9 Å². The van der Waals surface area contributed by atoms with Gasteiger partial charge in [-0.1, -0.05) is 0 Å². The van der Waals surface area contributed by atoms with Gasteiger partial charge in [-0.05, 0) is 19.8 Å². The molecule has 0 aromatic heterocycles. The Bertz CT molecular complexity index is 211. The lowest BCUT2D eigenvalue weighted by Gasteiger charge is -2.22. The molecule has 4 nitrogen and oxygen atoms in total. The highest BCUT2D eigenvalue weighted by Gasteiger charge is 2.28. The summed E-state index contributed by atoms with van der Waals surface area (Å²) >= 11 is 0. The van der Waals surface area contributed by atoms with Crippen molar-refractivity contribution in [3.05, 3.63) is 0 Å². The van der Waals surface area contributed by atoms with E-state index in [4.69, 9.17) is 9.47 Å². The minimum atomic E-state index is -1.06. The van der Waals surface area contributed by atoms with Crippen molar-refractivity contribution in [2.45, 2.75) is 45.3 Å².